The quantitative estimate of drug-likeness (QED) is 0.689. The second-order valence-corrected chi connectivity index (χ2v) is 7.59. The molecule has 1 unspecified atom stereocenters. The third-order valence-corrected chi connectivity index (χ3v) is 6.16. The molecule has 1 atom stereocenters. The van der Waals surface area contributed by atoms with Gasteiger partial charge in [-0.1, -0.05) is 12.2 Å². The Morgan fingerprint density at radius 1 is 1.47 bits per heavy atom. The minimum absolute atomic E-state index is 0.000342. The van der Waals surface area contributed by atoms with Crippen LogP contribution in [-0.2, 0) is 14.8 Å². The number of sulfonamides is 1. The van der Waals surface area contributed by atoms with Crippen LogP contribution in [0.1, 0.15) is 26.7 Å². The molecule has 1 aliphatic rings. The third-order valence-electron chi connectivity index (χ3n) is 3.42. The van der Waals surface area contributed by atoms with Crippen molar-refractivity contribution in [3.63, 3.8) is 0 Å². The lowest BCUT2D eigenvalue weighted by Crippen LogP contribution is -2.47. The van der Waals surface area contributed by atoms with E-state index in [1.165, 1.54) is 18.2 Å². The first kappa shape index (κ1) is 16.3. The molecule has 0 bridgehead atoms. The average molecular weight is 307 g/mol. The van der Waals surface area contributed by atoms with E-state index >= 15 is 0 Å². The van der Waals surface area contributed by atoms with E-state index in [0.29, 0.717) is 25.6 Å². The van der Waals surface area contributed by atoms with Crippen molar-refractivity contribution >= 4 is 33.1 Å². The summed E-state index contributed by atoms with van der Waals surface area (Å²) >= 11 is 4.75. The van der Waals surface area contributed by atoms with Gasteiger partial charge in [-0.15, -0.1) is 0 Å². The van der Waals surface area contributed by atoms with Crippen molar-refractivity contribution in [1.29, 1.82) is 0 Å². The minimum atomic E-state index is -3.44. The first-order chi connectivity index (χ1) is 8.75. The first-order valence-electron chi connectivity index (χ1n) is 6.28. The molecule has 1 aliphatic heterocycles. The highest BCUT2D eigenvalue weighted by atomic mass is 32.2. The topological polar surface area (TPSA) is 92.5 Å². The Hall–Kier alpha value is -0.730. The molecule has 110 valence electrons. The van der Waals surface area contributed by atoms with Gasteiger partial charge in [-0.2, -0.15) is 0 Å². The minimum Gasteiger partial charge on any atom is -0.392 e. The lowest BCUT2D eigenvalue weighted by atomic mass is 9.98. The highest BCUT2D eigenvalue weighted by molar-refractivity contribution is 7.92. The second-order valence-electron chi connectivity index (χ2n) is 4.87. The van der Waals surface area contributed by atoms with Crippen LogP contribution in [0.4, 0.5) is 0 Å². The Bertz CT molecular complexity index is 442. The first-order valence-corrected chi connectivity index (χ1v) is 8.19. The maximum atomic E-state index is 12.2. The molecule has 1 saturated heterocycles. The molecule has 0 saturated carbocycles. The zero-order valence-corrected chi connectivity index (χ0v) is 12.9. The van der Waals surface area contributed by atoms with Crippen molar-refractivity contribution in [3.8, 4) is 0 Å². The molecule has 0 radical (unpaired) electrons. The maximum Gasteiger partial charge on any atom is 0.223 e. The lowest BCUT2D eigenvalue weighted by Gasteiger charge is -2.32. The van der Waals surface area contributed by atoms with Crippen molar-refractivity contribution in [1.82, 2.24) is 9.62 Å². The van der Waals surface area contributed by atoms with Gasteiger partial charge in [0.05, 0.1) is 4.99 Å². The molecule has 3 N–H and O–H groups in total. The molecule has 0 aromatic rings. The summed E-state index contributed by atoms with van der Waals surface area (Å²) in [6, 6.07) is 0. The molecule has 6 nitrogen and oxygen atoms in total. The number of nitrogens with two attached hydrogens (primary N) is 1. The summed E-state index contributed by atoms with van der Waals surface area (Å²) in [6.07, 6.45) is 1.48. The van der Waals surface area contributed by atoms with Crippen LogP contribution < -0.4 is 11.1 Å². The van der Waals surface area contributed by atoms with E-state index < -0.39 is 15.3 Å². The predicted molar refractivity (Wildman–Crippen MR) is 78.1 cm³/mol. The van der Waals surface area contributed by atoms with Crippen molar-refractivity contribution in [2.75, 3.05) is 19.6 Å². The Morgan fingerprint density at radius 3 is 2.42 bits per heavy atom. The molecule has 1 rings (SSSR count). The number of hydrogen-bond acceptors (Lipinski definition) is 4. The number of hydrogen-bond donors (Lipinski definition) is 2. The fraction of sp³-hybridized carbons (Fsp3) is 0.818. The molecule has 1 fully saturated rings. The van der Waals surface area contributed by atoms with Crippen molar-refractivity contribution in [2.24, 2.45) is 11.7 Å². The monoisotopic (exact) mass is 307 g/mol. The standard InChI is InChI=1S/C11H21N3O3S2/c1-8(11(12)18)19(16,17)14-5-3-10(4-6-14)7-13-9(2)15/h8,10H,3-7H2,1-2H3,(H2,12,18)(H,13,15). The molecule has 19 heavy (non-hydrogen) atoms. The van der Waals surface area contributed by atoms with E-state index in [1.807, 2.05) is 0 Å². The number of carbonyl (C=O) groups excluding carboxylic acids is 1. The summed E-state index contributed by atoms with van der Waals surface area (Å²) in [5.41, 5.74) is 5.42. The van der Waals surface area contributed by atoms with Gasteiger partial charge < -0.3 is 11.1 Å². The van der Waals surface area contributed by atoms with Crippen molar-refractivity contribution < 1.29 is 13.2 Å². The van der Waals surface area contributed by atoms with Crippen LogP contribution in [0, 0.1) is 5.92 Å². The molecular weight excluding hydrogens is 286 g/mol. The van der Waals surface area contributed by atoms with Crippen LogP contribution in [0.25, 0.3) is 0 Å². The van der Waals surface area contributed by atoms with E-state index in [9.17, 15) is 13.2 Å². The molecule has 0 aromatic carbocycles. The van der Waals surface area contributed by atoms with Gasteiger partial charge in [0.15, 0.2) is 0 Å². The molecule has 0 spiro atoms. The van der Waals surface area contributed by atoms with Crippen molar-refractivity contribution in [2.45, 2.75) is 31.9 Å². The summed E-state index contributed by atoms with van der Waals surface area (Å²) in [7, 11) is -3.44. The van der Waals surface area contributed by atoms with Gasteiger partial charge >= 0.3 is 0 Å². The molecule has 1 heterocycles. The highest BCUT2D eigenvalue weighted by Crippen LogP contribution is 2.21. The zero-order valence-electron chi connectivity index (χ0n) is 11.3. The van der Waals surface area contributed by atoms with Gasteiger partial charge in [-0.05, 0) is 25.7 Å². The van der Waals surface area contributed by atoms with Crippen LogP contribution in [0.3, 0.4) is 0 Å². The van der Waals surface area contributed by atoms with Gasteiger partial charge in [0.1, 0.15) is 5.25 Å². The number of thiocarbonyl (C=S) groups is 1. The Labute approximate surface area is 119 Å². The molecule has 1 amide bonds. The average Bonchev–Trinajstić information content (AvgIpc) is 2.35. The van der Waals surface area contributed by atoms with E-state index in [-0.39, 0.29) is 10.9 Å². The Morgan fingerprint density at radius 2 is 2.00 bits per heavy atom. The van der Waals surface area contributed by atoms with Crippen LogP contribution in [-0.4, -0.2) is 48.5 Å². The normalized spacial score (nSPS) is 19.9. The number of rotatable bonds is 5. The van der Waals surface area contributed by atoms with Gasteiger partial charge in [-0.25, -0.2) is 12.7 Å². The Kier molecular flexibility index (Phi) is 5.69. The summed E-state index contributed by atoms with van der Waals surface area (Å²) < 4.78 is 25.8. The maximum absolute atomic E-state index is 12.2. The largest absolute Gasteiger partial charge is 0.392 e. The SMILES string of the molecule is CC(=O)NCC1CCN(S(=O)(=O)C(C)C(N)=S)CC1. The summed E-state index contributed by atoms with van der Waals surface area (Å²) in [5, 5.41) is 1.94. The summed E-state index contributed by atoms with van der Waals surface area (Å²) in [4.78, 5) is 10.8. The van der Waals surface area contributed by atoms with Crippen LogP contribution in [0.2, 0.25) is 0 Å². The third kappa shape index (κ3) is 4.39. The van der Waals surface area contributed by atoms with E-state index in [1.54, 1.807) is 0 Å². The van der Waals surface area contributed by atoms with Gasteiger partial charge in [0, 0.05) is 26.6 Å². The van der Waals surface area contributed by atoms with Gasteiger partial charge in [0.2, 0.25) is 15.9 Å². The molecule has 0 aromatic heterocycles. The smallest absolute Gasteiger partial charge is 0.223 e. The molecule has 8 heteroatoms. The van der Waals surface area contributed by atoms with Crippen molar-refractivity contribution in [3.05, 3.63) is 0 Å². The number of piperidine rings is 1. The zero-order chi connectivity index (χ0) is 14.6. The fourth-order valence-corrected chi connectivity index (χ4v) is 3.85. The van der Waals surface area contributed by atoms with E-state index in [4.69, 9.17) is 18.0 Å². The summed E-state index contributed by atoms with van der Waals surface area (Å²) in [5.74, 6) is 0.271. The number of nitrogens with zero attached hydrogens (tertiary/aromatic N) is 1. The predicted octanol–water partition coefficient (Wildman–Crippen LogP) is -0.161. The van der Waals surface area contributed by atoms with E-state index in [2.05, 4.69) is 5.32 Å². The van der Waals surface area contributed by atoms with Crippen LogP contribution in [0.15, 0.2) is 0 Å². The van der Waals surface area contributed by atoms with Gasteiger partial charge in [-0.3, -0.25) is 4.79 Å². The molecular formula is C11H21N3O3S2. The number of carbonyl (C=O) groups is 1. The number of nitrogens with one attached hydrogen (secondary N) is 1. The fourth-order valence-electron chi connectivity index (χ4n) is 2.03. The second kappa shape index (κ2) is 6.62. The van der Waals surface area contributed by atoms with Crippen LogP contribution >= 0.6 is 12.2 Å². The number of amides is 1. The van der Waals surface area contributed by atoms with Gasteiger partial charge in [0.25, 0.3) is 0 Å². The highest BCUT2D eigenvalue weighted by Gasteiger charge is 2.33. The molecule has 0 aliphatic carbocycles. The summed E-state index contributed by atoms with van der Waals surface area (Å²) in [6.45, 7) is 4.51. The lowest BCUT2D eigenvalue weighted by molar-refractivity contribution is -0.119. The van der Waals surface area contributed by atoms with E-state index in [0.717, 1.165) is 12.8 Å². The Balaban J connectivity index is 2.54. The van der Waals surface area contributed by atoms with Crippen LogP contribution in [0.5, 0.6) is 0 Å².